The van der Waals surface area contributed by atoms with Gasteiger partial charge in [-0.15, -0.1) is 0 Å². The van der Waals surface area contributed by atoms with E-state index in [0.29, 0.717) is 18.5 Å². The van der Waals surface area contributed by atoms with E-state index in [2.05, 4.69) is 9.80 Å². The third kappa shape index (κ3) is 2.60. The molecule has 3 rings (SSSR count). The molecule has 0 aromatic carbocycles. The molecular formula is C16H29N3O. The highest BCUT2D eigenvalue weighted by Gasteiger charge is 2.42. The number of carbonyl (C=O) groups is 1. The maximum absolute atomic E-state index is 13.0. The highest BCUT2D eigenvalue weighted by atomic mass is 16.2. The van der Waals surface area contributed by atoms with Gasteiger partial charge >= 0.3 is 0 Å². The fraction of sp³-hybridized carbons (Fsp3) is 0.938. The number of piperidine rings is 1. The molecule has 0 spiro atoms. The maximum atomic E-state index is 13.0. The van der Waals surface area contributed by atoms with Gasteiger partial charge in [-0.2, -0.15) is 0 Å². The van der Waals surface area contributed by atoms with Gasteiger partial charge in [0.25, 0.3) is 0 Å². The molecule has 2 saturated heterocycles. The lowest BCUT2D eigenvalue weighted by atomic mass is 9.73. The first-order chi connectivity index (χ1) is 9.75. The number of carbonyl (C=O) groups excluding carboxylic acids is 1. The fourth-order valence-electron chi connectivity index (χ4n) is 4.41. The highest BCUT2D eigenvalue weighted by Crippen LogP contribution is 2.37. The van der Waals surface area contributed by atoms with Gasteiger partial charge in [0.2, 0.25) is 5.91 Å². The molecule has 0 aromatic heterocycles. The molecule has 1 saturated carbocycles. The predicted octanol–water partition coefficient (Wildman–Crippen LogP) is 1.59. The SMILES string of the molecule is NCC1(C(=O)N2CCN3CCCCC3C2)CCCCC1. The van der Waals surface area contributed by atoms with E-state index < -0.39 is 0 Å². The highest BCUT2D eigenvalue weighted by molar-refractivity contribution is 5.83. The third-order valence-electron chi connectivity index (χ3n) is 5.78. The topological polar surface area (TPSA) is 49.6 Å². The van der Waals surface area contributed by atoms with Gasteiger partial charge < -0.3 is 10.6 Å². The summed E-state index contributed by atoms with van der Waals surface area (Å²) in [5, 5.41) is 0. The van der Waals surface area contributed by atoms with Gasteiger partial charge in [0.1, 0.15) is 0 Å². The Hall–Kier alpha value is -0.610. The number of amides is 1. The summed E-state index contributed by atoms with van der Waals surface area (Å²) < 4.78 is 0. The number of hydrogen-bond donors (Lipinski definition) is 1. The summed E-state index contributed by atoms with van der Waals surface area (Å²) in [6.07, 6.45) is 9.55. The van der Waals surface area contributed by atoms with E-state index in [-0.39, 0.29) is 5.41 Å². The Morgan fingerprint density at radius 3 is 2.60 bits per heavy atom. The Labute approximate surface area is 122 Å². The van der Waals surface area contributed by atoms with Gasteiger partial charge in [0.05, 0.1) is 5.41 Å². The van der Waals surface area contributed by atoms with Crippen LogP contribution in [-0.2, 0) is 4.79 Å². The number of hydrogen-bond acceptors (Lipinski definition) is 3. The Morgan fingerprint density at radius 2 is 1.85 bits per heavy atom. The maximum Gasteiger partial charge on any atom is 0.230 e. The second-order valence-corrected chi connectivity index (χ2v) is 6.98. The normalized spacial score (nSPS) is 30.9. The molecule has 20 heavy (non-hydrogen) atoms. The van der Waals surface area contributed by atoms with Gasteiger partial charge in [0, 0.05) is 32.2 Å². The van der Waals surface area contributed by atoms with Gasteiger partial charge in [-0.25, -0.2) is 0 Å². The number of nitrogens with zero attached hydrogens (tertiary/aromatic N) is 2. The zero-order valence-electron chi connectivity index (χ0n) is 12.6. The van der Waals surface area contributed by atoms with Crippen LogP contribution in [0, 0.1) is 5.41 Å². The lowest BCUT2D eigenvalue weighted by Crippen LogP contribution is -2.59. The molecule has 1 unspecified atom stereocenters. The van der Waals surface area contributed by atoms with Gasteiger partial charge in [0.15, 0.2) is 0 Å². The largest absolute Gasteiger partial charge is 0.339 e. The van der Waals surface area contributed by atoms with E-state index in [1.165, 1.54) is 45.1 Å². The zero-order chi connectivity index (χ0) is 14.0. The monoisotopic (exact) mass is 279 g/mol. The van der Waals surface area contributed by atoms with Gasteiger partial charge in [-0.05, 0) is 32.2 Å². The van der Waals surface area contributed by atoms with Crippen molar-refractivity contribution in [2.24, 2.45) is 11.1 Å². The van der Waals surface area contributed by atoms with Crippen LogP contribution in [0.2, 0.25) is 0 Å². The predicted molar refractivity (Wildman–Crippen MR) is 80.4 cm³/mol. The van der Waals surface area contributed by atoms with Crippen LogP contribution in [-0.4, -0.2) is 54.5 Å². The summed E-state index contributed by atoms with van der Waals surface area (Å²) in [7, 11) is 0. The zero-order valence-corrected chi connectivity index (χ0v) is 12.6. The number of piperazine rings is 1. The first kappa shape index (κ1) is 14.3. The summed E-state index contributed by atoms with van der Waals surface area (Å²) in [6.45, 7) is 4.69. The van der Waals surface area contributed by atoms with Crippen molar-refractivity contribution < 1.29 is 4.79 Å². The molecule has 1 aliphatic carbocycles. The van der Waals surface area contributed by atoms with Crippen LogP contribution in [0.3, 0.4) is 0 Å². The Morgan fingerprint density at radius 1 is 1.05 bits per heavy atom. The van der Waals surface area contributed by atoms with Crippen LogP contribution in [0.25, 0.3) is 0 Å². The van der Waals surface area contributed by atoms with E-state index in [1.54, 1.807) is 0 Å². The minimum absolute atomic E-state index is 0.227. The quantitative estimate of drug-likeness (QED) is 0.835. The Bertz CT molecular complexity index is 352. The number of fused-ring (bicyclic) bond motifs is 1. The molecular weight excluding hydrogens is 250 g/mol. The van der Waals surface area contributed by atoms with Crippen LogP contribution < -0.4 is 5.73 Å². The van der Waals surface area contributed by atoms with Gasteiger partial charge in [-0.3, -0.25) is 9.69 Å². The van der Waals surface area contributed by atoms with E-state index >= 15 is 0 Å². The van der Waals surface area contributed by atoms with Crippen molar-refractivity contribution in [3.8, 4) is 0 Å². The minimum Gasteiger partial charge on any atom is -0.339 e. The lowest BCUT2D eigenvalue weighted by Gasteiger charge is -2.47. The molecule has 1 atom stereocenters. The van der Waals surface area contributed by atoms with E-state index in [4.69, 9.17) is 5.73 Å². The molecule has 4 heteroatoms. The van der Waals surface area contributed by atoms with Crippen LogP contribution >= 0.6 is 0 Å². The van der Waals surface area contributed by atoms with E-state index in [9.17, 15) is 4.79 Å². The van der Waals surface area contributed by atoms with Crippen LogP contribution in [0.4, 0.5) is 0 Å². The molecule has 4 nitrogen and oxygen atoms in total. The van der Waals surface area contributed by atoms with E-state index in [1.807, 2.05) is 0 Å². The summed E-state index contributed by atoms with van der Waals surface area (Å²) in [4.78, 5) is 17.7. The first-order valence-corrected chi connectivity index (χ1v) is 8.49. The molecule has 0 aromatic rings. The summed E-state index contributed by atoms with van der Waals surface area (Å²) >= 11 is 0. The van der Waals surface area contributed by atoms with Crippen molar-refractivity contribution in [2.45, 2.75) is 57.4 Å². The minimum atomic E-state index is -0.227. The molecule has 3 aliphatic rings. The van der Waals surface area contributed by atoms with Crippen molar-refractivity contribution in [2.75, 3.05) is 32.7 Å². The smallest absolute Gasteiger partial charge is 0.230 e. The van der Waals surface area contributed by atoms with Crippen molar-refractivity contribution >= 4 is 5.91 Å². The lowest BCUT2D eigenvalue weighted by molar-refractivity contribution is -0.147. The Kier molecular flexibility index (Phi) is 4.32. The molecule has 0 bridgehead atoms. The average Bonchev–Trinajstić information content (AvgIpc) is 2.54. The van der Waals surface area contributed by atoms with Crippen molar-refractivity contribution in [3.05, 3.63) is 0 Å². The molecule has 1 amide bonds. The molecule has 2 N–H and O–H groups in total. The number of rotatable bonds is 2. The van der Waals surface area contributed by atoms with Gasteiger partial charge in [-0.1, -0.05) is 25.7 Å². The van der Waals surface area contributed by atoms with Crippen molar-refractivity contribution in [3.63, 3.8) is 0 Å². The summed E-state index contributed by atoms with van der Waals surface area (Å²) in [6, 6.07) is 0.611. The molecule has 2 heterocycles. The number of nitrogens with two attached hydrogens (primary N) is 1. The Balaban J connectivity index is 1.67. The summed E-state index contributed by atoms with van der Waals surface area (Å²) in [5.41, 5.74) is 5.79. The second kappa shape index (κ2) is 6.02. The third-order valence-corrected chi connectivity index (χ3v) is 5.78. The molecule has 114 valence electrons. The first-order valence-electron chi connectivity index (χ1n) is 8.49. The van der Waals surface area contributed by atoms with Crippen LogP contribution in [0.15, 0.2) is 0 Å². The fourth-order valence-corrected chi connectivity index (χ4v) is 4.41. The average molecular weight is 279 g/mol. The molecule has 0 radical (unpaired) electrons. The second-order valence-electron chi connectivity index (χ2n) is 6.98. The standard InChI is InChI=1S/C16H29N3O/c17-13-16(7-3-1-4-8-16)15(20)19-11-10-18-9-5-2-6-14(18)12-19/h14H,1-13,17H2. The van der Waals surface area contributed by atoms with Crippen LogP contribution in [0.5, 0.6) is 0 Å². The molecule has 3 fully saturated rings. The molecule has 2 aliphatic heterocycles. The van der Waals surface area contributed by atoms with Crippen LogP contribution in [0.1, 0.15) is 51.4 Å². The van der Waals surface area contributed by atoms with Crippen molar-refractivity contribution in [1.29, 1.82) is 0 Å². The summed E-state index contributed by atoms with van der Waals surface area (Å²) in [5.74, 6) is 0.366. The van der Waals surface area contributed by atoms with E-state index in [0.717, 1.165) is 32.5 Å². The van der Waals surface area contributed by atoms with Crippen molar-refractivity contribution in [1.82, 2.24) is 9.80 Å².